The molecule has 8 nitrogen and oxygen atoms in total. The molecule has 1 saturated heterocycles. The van der Waals surface area contributed by atoms with Gasteiger partial charge in [0, 0.05) is 43.2 Å². The molecule has 10 heteroatoms. The molecule has 1 heterocycles. The standard InChI is InChI=1S/C36H38ClN3O5S/c1-45-33-12-6-5-11-30(33)25-38-36(42)35(29-9-3-2-4-10-29)40(26-28-13-18-31(37)19-14-28)34(41)22-17-27-15-20-32(21-16-27)46(43,44)39-23-7-8-24-39/h2-6,9-16,18-21,35H,7-8,17,22-26H2,1H3,(H,38,42)/t35-/m0/s1. The van der Waals surface area contributed by atoms with Crippen LogP contribution in [0.1, 0.15) is 47.6 Å². The Bertz CT molecular complexity index is 1730. The summed E-state index contributed by atoms with van der Waals surface area (Å²) in [6, 6.07) is 29.7. The van der Waals surface area contributed by atoms with Crippen molar-refractivity contribution in [2.24, 2.45) is 0 Å². The van der Waals surface area contributed by atoms with Gasteiger partial charge < -0.3 is 15.0 Å². The van der Waals surface area contributed by atoms with Crippen LogP contribution in [-0.2, 0) is 39.1 Å². The molecule has 2 amide bonds. The molecule has 0 spiro atoms. The van der Waals surface area contributed by atoms with E-state index in [2.05, 4.69) is 5.32 Å². The van der Waals surface area contributed by atoms with E-state index in [1.165, 1.54) is 4.31 Å². The monoisotopic (exact) mass is 659 g/mol. The lowest BCUT2D eigenvalue weighted by atomic mass is 10.0. The molecule has 46 heavy (non-hydrogen) atoms. The van der Waals surface area contributed by atoms with Gasteiger partial charge in [0.2, 0.25) is 21.8 Å². The molecule has 1 fully saturated rings. The van der Waals surface area contributed by atoms with Crippen LogP contribution >= 0.6 is 11.6 Å². The Kier molecular flexibility index (Phi) is 11.1. The van der Waals surface area contributed by atoms with E-state index >= 15 is 0 Å². The number of carbonyl (C=O) groups is 2. The molecule has 5 rings (SSSR count). The van der Waals surface area contributed by atoms with E-state index in [0.29, 0.717) is 35.8 Å². The number of carbonyl (C=O) groups excluding carboxylic acids is 2. The third kappa shape index (κ3) is 8.15. The van der Waals surface area contributed by atoms with E-state index < -0.39 is 16.1 Å². The quantitative estimate of drug-likeness (QED) is 0.186. The van der Waals surface area contributed by atoms with Crippen molar-refractivity contribution in [3.63, 3.8) is 0 Å². The number of hydrogen-bond acceptors (Lipinski definition) is 5. The number of ether oxygens (including phenoxy) is 1. The summed E-state index contributed by atoms with van der Waals surface area (Å²) < 4.78 is 32.9. The zero-order chi connectivity index (χ0) is 32.5. The molecule has 0 saturated carbocycles. The van der Waals surface area contributed by atoms with Gasteiger partial charge in [-0.25, -0.2) is 8.42 Å². The second kappa shape index (κ2) is 15.4. The first-order chi connectivity index (χ1) is 22.3. The maximum atomic E-state index is 14.1. The van der Waals surface area contributed by atoms with Gasteiger partial charge >= 0.3 is 0 Å². The number of para-hydroxylation sites is 1. The van der Waals surface area contributed by atoms with Crippen LogP contribution < -0.4 is 10.1 Å². The smallest absolute Gasteiger partial charge is 0.247 e. The highest BCUT2D eigenvalue weighted by Crippen LogP contribution is 2.27. The van der Waals surface area contributed by atoms with E-state index in [9.17, 15) is 18.0 Å². The minimum Gasteiger partial charge on any atom is -0.496 e. The van der Waals surface area contributed by atoms with E-state index in [1.807, 2.05) is 66.7 Å². The minimum absolute atomic E-state index is 0.120. The van der Waals surface area contributed by atoms with E-state index in [-0.39, 0.29) is 36.2 Å². The number of methoxy groups -OCH3 is 1. The molecule has 4 aromatic rings. The van der Waals surface area contributed by atoms with Crippen LogP contribution in [0.15, 0.2) is 108 Å². The van der Waals surface area contributed by atoms with Crippen molar-refractivity contribution >= 4 is 33.4 Å². The number of rotatable bonds is 13. The molecule has 240 valence electrons. The van der Waals surface area contributed by atoms with E-state index in [4.69, 9.17) is 16.3 Å². The lowest BCUT2D eigenvalue weighted by molar-refractivity contribution is -0.141. The minimum atomic E-state index is -3.52. The number of amides is 2. The maximum Gasteiger partial charge on any atom is 0.247 e. The molecule has 1 aliphatic heterocycles. The molecule has 0 bridgehead atoms. The van der Waals surface area contributed by atoms with Crippen LogP contribution in [0.3, 0.4) is 0 Å². The van der Waals surface area contributed by atoms with E-state index in [1.54, 1.807) is 48.4 Å². The second-order valence-corrected chi connectivity index (χ2v) is 13.6. The number of sulfonamides is 1. The van der Waals surface area contributed by atoms with Crippen LogP contribution in [0.2, 0.25) is 5.02 Å². The molecule has 1 atom stereocenters. The number of nitrogens with one attached hydrogen (secondary N) is 1. The molecule has 1 aliphatic rings. The van der Waals surface area contributed by atoms with Crippen molar-refractivity contribution in [3.05, 3.63) is 130 Å². The average molecular weight is 660 g/mol. The van der Waals surface area contributed by atoms with Crippen molar-refractivity contribution in [2.45, 2.75) is 49.7 Å². The Morgan fingerprint density at radius 3 is 2.17 bits per heavy atom. The highest BCUT2D eigenvalue weighted by atomic mass is 35.5. The van der Waals surface area contributed by atoms with Crippen LogP contribution in [-0.4, -0.2) is 49.6 Å². The summed E-state index contributed by atoms with van der Waals surface area (Å²) in [4.78, 5) is 29.9. The van der Waals surface area contributed by atoms with Gasteiger partial charge in [-0.05, 0) is 66.3 Å². The summed E-state index contributed by atoms with van der Waals surface area (Å²) in [6.45, 7) is 1.49. The van der Waals surface area contributed by atoms with Crippen molar-refractivity contribution in [1.29, 1.82) is 0 Å². The second-order valence-electron chi connectivity index (χ2n) is 11.2. The Balaban J connectivity index is 1.38. The van der Waals surface area contributed by atoms with Gasteiger partial charge in [-0.15, -0.1) is 0 Å². The molecular weight excluding hydrogens is 622 g/mol. The molecular formula is C36H38ClN3O5S. The van der Waals surface area contributed by atoms with E-state index in [0.717, 1.165) is 29.5 Å². The summed E-state index contributed by atoms with van der Waals surface area (Å²) in [7, 11) is -1.94. The largest absolute Gasteiger partial charge is 0.496 e. The number of halogens is 1. The van der Waals surface area contributed by atoms with Crippen LogP contribution in [0.5, 0.6) is 5.75 Å². The SMILES string of the molecule is COc1ccccc1CNC(=O)[C@H](c1ccccc1)N(Cc1ccc(Cl)cc1)C(=O)CCc1ccc(S(=O)(=O)N2CCCC2)cc1. The fraction of sp³-hybridized carbons (Fsp3) is 0.278. The Morgan fingerprint density at radius 2 is 1.50 bits per heavy atom. The van der Waals surface area contributed by atoms with Crippen molar-refractivity contribution < 1.29 is 22.7 Å². The third-order valence-electron chi connectivity index (χ3n) is 8.16. The molecule has 0 unspecified atom stereocenters. The van der Waals surface area contributed by atoms with Crippen molar-refractivity contribution in [2.75, 3.05) is 20.2 Å². The lowest BCUT2D eigenvalue weighted by Gasteiger charge is -2.32. The number of hydrogen-bond donors (Lipinski definition) is 1. The van der Waals surface area contributed by atoms with Gasteiger partial charge in [0.05, 0.1) is 12.0 Å². The van der Waals surface area contributed by atoms with Crippen LogP contribution in [0, 0.1) is 0 Å². The first kappa shape index (κ1) is 33.2. The Labute approximate surface area is 276 Å². The number of nitrogens with zero attached hydrogens (tertiary/aromatic N) is 2. The summed E-state index contributed by atoms with van der Waals surface area (Å²) in [5.74, 6) is 0.119. The van der Waals surface area contributed by atoms with Gasteiger partial charge in [0.15, 0.2) is 0 Å². The Hall–Kier alpha value is -4.18. The van der Waals surface area contributed by atoms with Gasteiger partial charge in [-0.1, -0.05) is 84.4 Å². The summed E-state index contributed by atoms with van der Waals surface area (Å²) >= 11 is 6.14. The first-order valence-corrected chi connectivity index (χ1v) is 17.2. The van der Waals surface area contributed by atoms with Gasteiger partial charge in [0.25, 0.3) is 0 Å². The zero-order valence-electron chi connectivity index (χ0n) is 25.8. The normalized spacial score (nSPS) is 14.0. The molecule has 0 aromatic heterocycles. The summed E-state index contributed by atoms with van der Waals surface area (Å²) in [6.07, 6.45) is 2.24. The van der Waals surface area contributed by atoms with Crippen LogP contribution in [0.25, 0.3) is 0 Å². The topological polar surface area (TPSA) is 96.0 Å². The van der Waals surface area contributed by atoms with Crippen molar-refractivity contribution in [3.8, 4) is 5.75 Å². The van der Waals surface area contributed by atoms with Crippen molar-refractivity contribution in [1.82, 2.24) is 14.5 Å². The predicted molar refractivity (Wildman–Crippen MR) is 179 cm³/mol. The number of benzene rings is 4. The zero-order valence-corrected chi connectivity index (χ0v) is 27.3. The van der Waals surface area contributed by atoms with Gasteiger partial charge in [-0.3, -0.25) is 9.59 Å². The molecule has 1 N–H and O–H groups in total. The molecule has 0 aliphatic carbocycles. The first-order valence-electron chi connectivity index (χ1n) is 15.3. The highest BCUT2D eigenvalue weighted by molar-refractivity contribution is 7.89. The highest BCUT2D eigenvalue weighted by Gasteiger charge is 2.32. The molecule has 4 aromatic carbocycles. The van der Waals surface area contributed by atoms with Gasteiger partial charge in [-0.2, -0.15) is 4.31 Å². The fourth-order valence-corrected chi connectivity index (χ4v) is 7.29. The summed E-state index contributed by atoms with van der Waals surface area (Å²) in [5.41, 5.74) is 3.15. The fourth-order valence-electron chi connectivity index (χ4n) is 5.65. The number of aryl methyl sites for hydroxylation is 1. The average Bonchev–Trinajstić information content (AvgIpc) is 3.64. The Morgan fingerprint density at radius 1 is 0.870 bits per heavy atom. The lowest BCUT2D eigenvalue weighted by Crippen LogP contribution is -2.43. The third-order valence-corrected chi connectivity index (χ3v) is 10.3. The van der Waals surface area contributed by atoms with Crippen LogP contribution in [0.4, 0.5) is 0 Å². The predicted octanol–water partition coefficient (Wildman–Crippen LogP) is 6.15. The van der Waals surface area contributed by atoms with Gasteiger partial charge in [0.1, 0.15) is 11.8 Å². The maximum absolute atomic E-state index is 14.1. The molecule has 0 radical (unpaired) electrons. The summed E-state index contributed by atoms with van der Waals surface area (Å²) in [5, 5.41) is 3.60.